The van der Waals surface area contributed by atoms with Gasteiger partial charge < -0.3 is 4.74 Å². The van der Waals surface area contributed by atoms with E-state index in [2.05, 4.69) is 31.2 Å². The molecule has 4 atom stereocenters. The summed E-state index contributed by atoms with van der Waals surface area (Å²) in [5.74, 6) is 1.06. The Hall–Kier alpha value is -3.21. The van der Waals surface area contributed by atoms with E-state index in [1.165, 1.54) is 75.5 Å². The van der Waals surface area contributed by atoms with Crippen LogP contribution in [0, 0.1) is 11.8 Å². The normalized spacial score (nSPS) is 22.7. The molecule has 2 amide bonds. The topological polar surface area (TPSA) is 63.7 Å². The van der Waals surface area contributed by atoms with Crippen molar-refractivity contribution < 1.29 is 19.1 Å². The number of ether oxygens (including phenoxy) is 1. The molecule has 0 bridgehead atoms. The van der Waals surface area contributed by atoms with Crippen molar-refractivity contribution in [2.45, 2.75) is 135 Å². The van der Waals surface area contributed by atoms with Gasteiger partial charge in [-0.2, -0.15) is 0 Å². The van der Waals surface area contributed by atoms with Crippen LogP contribution in [-0.4, -0.2) is 34.8 Å². The Morgan fingerprint density at radius 3 is 1.89 bits per heavy atom. The highest BCUT2D eigenvalue weighted by Crippen LogP contribution is 2.46. The summed E-state index contributed by atoms with van der Waals surface area (Å²) in [5, 5.41) is 4.11. The number of carbonyl (C=O) groups is 3. The maximum Gasteiger partial charge on any atom is 0.306 e. The first kappa shape index (κ1) is 31.8. The van der Waals surface area contributed by atoms with E-state index in [1.807, 2.05) is 24.3 Å². The van der Waals surface area contributed by atoms with Crippen molar-refractivity contribution in [1.29, 1.82) is 0 Å². The number of benzene rings is 3. The molecule has 0 spiro atoms. The lowest BCUT2D eigenvalue weighted by molar-refractivity contribution is -0.153. The minimum atomic E-state index is -0.426. The van der Waals surface area contributed by atoms with Crippen molar-refractivity contribution in [1.82, 2.24) is 4.90 Å². The van der Waals surface area contributed by atoms with Gasteiger partial charge in [0.1, 0.15) is 6.10 Å². The standard InChI is InChI=1S/C40H51NO4/c1-2-3-4-5-6-7-8-9-16-28-23-29(28)19-12-15-22-38(42)45-37-21-14-13-20-36(37)41-39(43)34-26-32-24-30-17-10-11-18-31(30)25-33(32)27-35(34)40(41)44/h10-11,17-18,24-29,36-37H,2-9,12-16,19-23H2,1H3/t28-,29+,36+,37+/m1/s1. The molecule has 0 N–H and O–H groups in total. The molecule has 0 radical (unpaired) electrons. The average molecular weight is 610 g/mol. The Balaban J connectivity index is 0.957. The number of fused-ring (bicyclic) bond motifs is 3. The first-order chi connectivity index (χ1) is 22.0. The number of hydrogen-bond donors (Lipinski definition) is 0. The van der Waals surface area contributed by atoms with E-state index in [0.717, 1.165) is 59.1 Å². The van der Waals surface area contributed by atoms with Crippen molar-refractivity contribution in [2.75, 3.05) is 0 Å². The van der Waals surface area contributed by atoms with Gasteiger partial charge in [-0.1, -0.05) is 108 Å². The Morgan fingerprint density at radius 1 is 0.711 bits per heavy atom. The van der Waals surface area contributed by atoms with Gasteiger partial charge in [-0.05, 0) is 89.8 Å². The number of nitrogens with zero attached hydrogens (tertiary/aromatic N) is 1. The fourth-order valence-corrected chi connectivity index (χ4v) is 7.97. The summed E-state index contributed by atoms with van der Waals surface area (Å²) in [7, 11) is 0. The molecule has 0 saturated heterocycles. The largest absolute Gasteiger partial charge is 0.460 e. The lowest BCUT2D eigenvalue weighted by atomic mass is 9.91. The zero-order valence-corrected chi connectivity index (χ0v) is 27.2. The average Bonchev–Trinajstić information content (AvgIpc) is 3.76. The van der Waals surface area contributed by atoms with E-state index in [0.29, 0.717) is 30.4 Å². The van der Waals surface area contributed by atoms with Gasteiger partial charge in [-0.25, -0.2) is 0 Å². The van der Waals surface area contributed by atoms with Gasteiger partial charge >= 0.3 is 5.97 Å². The van der Waals surface area contributed by atoms with E-state index in [4.69, 9.17) is 4.74 Å². The quantitative estimate of drug-likeness (QED) is 0.0701. The first-order valence-electron chi connectivity index (χ1n) is 18.1. The second kappa shape index (κ2) is 14.9. The number of imide groups is 1. The van der Waals surface area contributed by atoms with E-state index < -0.39 is 12.1 Å². The lowest BCUT2D eigenvalue weighted by Crippen LogP contribution is -2.49. The molecule has 6 rings (SSSR count). The smallest absolute Gasteiger partial charge is 0.306 e. The summed E-state index contributed by atoms with van der Waals surface area (Å²) in [6.07, 6.45) is 20.2. The van der Waals surface area contributed by atoms with Crippen molar-refractivity contribution >= 4 is 39.3 Å². The molecule has 2 saturated carbocycles. The highest BCUT2D eigenvalue weighted by atomic mass is 16.5. The van der Waals surface area contributed by atoms with Crippen LogP contribution in [0.5, 0.6) is 0 Å². The summed E-state index contributed by atoms with van der Waals surface area (Å²) in [4.78, 5) is 41.7. The molecule has 0 unspecified atom stereocenters. The second-order valence-corrected chi connectivity index (χ2v) is 14.1. The Labute approximate surface area is 269 Å². The number of rotatable bonds is 16. The maximum absolute atomic E-state index is 13.7. The predicted molar refractivity (Wildman–Crippen MR) is 181 cm³/mol. The summed E-state index contributed by atoms with van der Waals surface area (Å²) >= 11 is 0. The van der Waals surface area contributed by atoms with Gasteiger partial charge in [0.05, 0.1) is 17.2 Å². The monoisotopic (exact) mass is 609 g/mol. The summed E-state index contributed by atoms with van der Waals surface area (Å²) in [6.45, 7) is 2.27. The second-order valence-electron chi connectivity index (χ2n) is 14.1. The van der Waals surface area contributed by atoms with Gasteiger partial charge in [0.25, 0.3) is 11.8 Å². The molecule has 1 heterocycles. The number of amides is 2. The first-order valence-corrected chi connectivity index (χ1v) is 18.1. The van der Waals surface area contributed by atoms with Crippen molar-refractivity contribution in [2.24, 2.45) is 11.8 Å². The SMILES string of the molecule is CCCCCCCCCC[C@@H]1C[C@@H]1CCCCC(=O)O[C@H]1CCCC[C@@H]1N1C(=O)c2cc3cc4ccccc4cc3cc2C1=O. The third-order valence-corrected chi connectivity index (χ3v) is 10.7. The van der Waals surface area contributed by atoms with Gasteiger partial charge in [-0.15, -0.1) is 0 Å². The predicted octanol–water partition coefficient (Wildman–Crippen LogP) is 10.2. The third kappa shape index (κ3) is 7.61. The van der Waals surface area contributed by atoms with Crippen LogP contribution in [0.1, 0.15) is 143 Å². The third-order valence-electron chi connectivity index (χ3n) is 10.7. The van der Waals surface area contributed by atoms with E-state index >= 15 is 0 Å². The van der Waals surface area contributed by atoms with Crippen LogP contribution in [0.25, 0.3) is 21.5 Å². The Kier molecular flexibility index (Phi) is 10.5. The molecule has 5 heteroatoms. The molecular formula is C40H51NO4. The lowest BCUT2D eigenvalue weighted by Gasteiger charge is -2.36. The van der Waals surface area contributed by atoms with Crippen LogP contribution < -0.4 is 0 Å². The van der Waals surface area contributed by atoms with E-state index in [1.54, 1.807) is 0 Å². The Morgan fingerprint density at radius 2 is 1.27 bits per heavy atom. The molecule has 45 heavy (non-hydrogen) atoms. The molecule has 5 nitrogen and oxygen atoms in total. The highest BCUT2D eigenvalue weighted by Gasteiger charge is 2.45. The fraction of sp³-hybridized carbons (Fsp3) is 0.575. The minimum Gasteiger partial charge on any atom is -0.460 e. The number of hydrogen-bond acceptors (Lipinski definition) is 4. The van der Waals surface area contributed by atoms with Gasteiger partial charge in [0.2, 0.25) is 0 Å². The van der Waals surface area contributed by atoms with Crippen LogP contribution in [0.3, 0.4) is 0 Å². The highest BCUT2D eigenvalue weighted by molar-refractivity contribution is 6.23. The van der Waals surface area contributed by atoms with Crippen molar-refractivity contribution in [3.8, 4) is 0 Å². The van der Waals surface area contributed by atoms with Crippen LogP contribution in [0.15, 0.2) is 48.5 Å². The van der Waals surface area contributed by atoms with Crippen LogP contribution in [-0.2, 0) is 9.53 Å². The van der Waals surface area contributed by atoms with Crippen LogP contribution >= 0.6 is 0 Å². The van der Waals surface area contributed by atoms with Crippen LogP contribution in [0.4, 0.5) is 0 Å². The summed E-state index contributed by atoms with van der Waals surface area (Å²) in [5.41, 5.74) is 0.915. The van der Waals surface area contributed by atoms with Crippen molar-refractivity contribution in [3.63, 3.8) is 0 Å². The fourth-order valence-electron chi connectivity index (χ4n) is 7.97. The molecule has 240 valence electrons. The molecule has 1 aliphatic heterocycles. The van der Waals surface area contributed by atoms with Gasteiger partial charge in [-0.3, -0.25) is 19.3 Å². The molecule has 2 fully saturated rings. The molecule has 3 aliphatic rings. The molecule has 0 aromatic heterocycles. The zero-order chi connectivity index (χ0) is 31.2. The molecule has 3 aromatic rings. The van der Waals surface area contributed by atoms with Gasteiger partial charge in [0.15, 0.2) is 0 Å². The Bertz CT molecular complexity index is 1440. The van der Waals surface area contributed by atoms with Crippen molar-refractivity contribution in [3.05, 3.63) is 59.7 Å². The zero-order valence-electron chi connectivity index (χ0n) is 27.2. The molecule has 2 aliphatic carbocycles. The number of esters is 1. The van der Waals surface area contributed by atoms with E-state index in [9.17, 15) is 14.4 Å². The molecule has 3 aromatic carbocycles. The minimum absolute atomic E-state index is 0.188. The van der Waals surface area contributed by atoms with E-state index in [-0.39, 0.29) is 17.8 Å². The van der Waals surface area contributed by atoms with Crippen LogP contribution in [0.2, 0.25) is 0 Å². The number of carbonyl (C=O) groups excluding carboxylic acids is 3. The number of unbranched alkanes of at least 4 members (excludes halogenated alkanes) is 8. The maximum atomic E-state index is 13.7. The summed E-state index contributed by atoms with van der Waals surface area (Å²) in [6, 6.07) is 15.6. The van der Waals surface area contributed by atoms with Gasteiger partial charge in [0, 0.05) is 6.42 Å². The molecular weight excluding hydrogens is 558 g/mol. The summed E-state index contributed by atoms with van der Waals surface area (Å²) < 4.78 is 6.01.